The van der Waals surface area contributed by atoms with Crippen molar-refractivity contribution in [2.45, 2.75) is 30.8 Å². The fourth-order valence-electron chi connectivity index (χ4n) is 2.93. The number of amides is 1. The highest BCUT2D eigenvalue weighted by atomic mass is 35.5. The number of hydrogen-bond acceptors (Lipinski definition) is 5. The summed E-state index contributed by atoms with van der Waals surface area (Å²) in [4.78, 5) is 14.8. The Labute approximate surface area is 183 Å². The van der Waals surface area contributed by atoms with Crippen LogP contribution in [-0.2, 0) is 10.0 Å². The second-order valence-electron chi connectivity index (χ2n) is 7.38. The number of carbonyl (C=O) groups is 1. The Bertz CT molecular complexity index is 976. The topological polar surface area (TPSA) is 87.7 Å². The van der Waals surface area contributed by atoms with Crippen LogP contribution in [0, 0.1) is 0 Å². The summed E-state index contributed by atoms with van der Waals surface area (Å²) in [6, 6.07) is 11.3. The van der Waals surface area contributed by atoms with Crippen LogP contribution >= 0.6 is 11.6 Å². The third kappa shape index (κ3) is 6.18. The van der Waals surface area contributed by atoms with E-state index in [1.165, 1.54) is 18.2 Å². The van der Waals surface area contributed by atoms with E-state index in [0.717, 1.165) is 11.3 Å². The van der Waals surface area contributed by atoms with E-state index in [2.05, 4.69) is 10.0 Å². The van der Waals surface area contributed by atoms with Crippen LogP contribution in [0.2, 0.25) is 5.02 Å². The normalized spacial score (nSPS) is 12.8. The number of ether oxygens (including phenoxy) is 1. The summed E-state index contributed by atoms with van der Waals surface area (Å²) < 4.78 is 32.5. The van der Waals surface area contributed by atoms with Gasteiger partial charge in [-0.3, -0.25) is 4.79 Å². The number of sulfonamides is 1. The first-order valence-corrected chi connectivity index (χ1v) is 11.3. The smallest absolute Gasteiger partial charge is 0.252 e. The van der Waals surface area contributed by atoms with Gasteiger partial charge in [0.2, 0.25) is 10.0 Å². The van der Waals surface area contributed by atoms with E-state index in [-0.39, 0.29) is 27.6 Å². The minimum atomic E-state index is -3.74. The molecule has 1 atom stereocenters. The molecule has 0 radical (unpaired) electrons. The maximum Gasteiger partial charge on any atom is 0.252 e. The Morgan fingerprint density at radius 1 is 1.13 bits per heavy atom. The first-order valence-electron chi connectivity index (χ1n) is 9.45. The molecule has 0 heterocycles. The standard InChI is InChI=1S/C21H28ClN3O4S/c1-14(2)24-30(27,28)17-10-11-19(22)18(12-17)21(26)23-13-20(25(3)4)15-6-8-16(29-5)9-7-15/h6-12,14,20,24H,13H2,1-5H3,(H,23,26). The second kappa shape index (κ2) is 10.3. The number of nitrogens with one attached hydrogen (secondary N) is 2. The van der Waals surface area contributed by atoms with Crippen molar-refractivity contribution in [1.29, 1.82) is 0 Å². The molecule has 164 valence electrons. The highest BCUT2D eigenvalue weighted by Crippen LogP contribution is 2.23. The Morgan fingerprint density at radius 2 is 1.77 bits per heavy atom. The van der Waals surface area contributed by atoms with E-state index in [9.17, 15) is 13.2 Å². The van der Waals surface area contributed by atoms with Crippen molar-refractivity contribution >= 4 is 27.5 Å². The molecule has 0 saturated heterocycles. The van der Waals surface area contributed by atoms with Gasteiger partial charge in [-0.25, -0.2) is 13.1 Å². The van der Waals surface area contributed by atoms with Gasteiger partial charge in [-0.05, 0) is 63.8 Å². The molecule has 30 heavy (non-hydrogen) atoms. The van der Waals surface area contributed by atoms with Gasteiger partial charge >= 0.3 is 0 Å². The summed E-state index contributed by atoms with van der Waals surface area (Å²) in [5, 5.41) is 3.04. The molecule has 0 bridgehead atoms. The molecule has 7 nitrogen and oxygen atoms in total. The van der Waals surface area contributed by atoms with Crippen molar-refractivity contribution in [3.05, 3.63) is 58.6 Å². The maximum absolute atomic E-state index is 12.8. The van der Waals surface area contributed by atoms with Crippen molar-refractivity contribution in [3.8, 4) is 5.75 Å². The van der Waals surface area contributed by atoms with E-state index in [1.807, 2.05) is 43.3 Å². The van der Waals surface area contributed by atoms with Crippen LogP contribution in [-0.4, -0.2) is 53.0 Å². The minimum absolute atomic E-state index is 0.00920. The molecule has 2 rings (SSSR count). The van der Waals surface area contributed by atoms with E-state index in [0.29, 0.717) is 6.54 Å². The summed E-state index contributed by atoms with van der Waals surface area (Å²) in [6.07, 6.45) is 0. The fraction of sp³-hybridized carbons (Fsp3) is 0.381. The summed E-state index contributed by atoms with van der Waals surface area (Å²) in [6.45, 7) is 3.76. The Hall–Kier alpha value is -2.13. The predicted molar refractivity (Wildman–Crippen MR) is 119 cm³/mol. The van der Waals surface area contributed by atoms with Gasteiger partial charge in [0.1, 0.15) is 5.75 Å². The quantitative estimate of drug-likeness (QED) is 0.609. The van der Waals surface area contributed by atoms with Crippen LogP contribution in [0.4, 0.5) is 0 Å². The third-order valence-electron chi connectivity index (χ3n) is 4.46. The van der Waals surface area contributed by atoms with Crippen molar-refractivity contribution in [1.82, 2.24) is 14.9 Å². The molecule has 0 saturated carbocycles. The first kappa shape index (κ1) is 24.1. The first-order chi connectivity index (χ1) is 14.0. The second-order valence-corrected chi connectivity index (χ2v) is 9.50. The number of rotatable bonds is 9. The van der Waals surface area contributed by atoms with Crippen LogP contribution in [0.3, 0.4) is 0 Å². The molecule has 0 spiro atoms. The van der Waals surface area contributed by atoms with E-state index in [4.69, 9.17) is 16.3 Å². The van der Waals surface area contributed by atoms with Gasteiger partial charge in [-0.1, -0.05) is 23.7 Å². The van der Waals surface area contributed by atoms with Crippen molar-refractivity contribution < 1.29 is 17.9 Å². The molecule has 1 amide bonds. The number of likely N-dealkylation sites (N-methyl/N-ethyl adjacent to an activating group) is 1. The average Bonchev–Trinajstić information content (AvgIpc) is 2.67. The van der Waals surface area contributed by atoms with E-state index >= 15 is 0 Å². The van der Waals surface area contributed by atoms with Gasteiger partial charge in [0.25, 0.3) is 5.91 Å². The van der Waals surface area contributed by atoms with Crippen LogP contribution in [0.5, 0.6) is 5.75 Å². The number of hydrogen-bond donors (Lipinski definition) is 2. The van der Waals surface area contributed by atoms with Crippen molar-refractivity contribution in [3.63, 3.8) is 0 Å². The van der Waals surface area contributed by atoms with Crippen LogP contribution in [0.1, 0.15) is 35.8 Å². The van der Waals surface area contributed by atoms with Gasteiger partial charge in [-0.2, -0.15) is 0 Å². The van der Waals surface area contributed by atoms with Crippen molar-refractivity contribution in [2.75, 3.05) is 27.7 Å². The summed E-state index contributed by atoms with van der Waals surface area (Å²) in [5.41, 5.74) is 1.11. The molecule has 0 aliphatic rings. The van der Waals surface area contributed by atoms with Gasteiger partial charge in [0.05, 0.1) is 28.6 Å². The van der Waals surface area contributed by atoms with Gasteiger partial charge in [0, 0.05) is 12.6 Å². The predicted octanol–water partition coefficient (Wildman–Crippen LogP) is 3.07. The number of halogens is 1. The highest BCUT2D eigenvalue weighted by Gasteiger charge is 2.21. The number of benzene rings is 2. The molecule has 2 aromatic rings. The molecule has 2 N–H and O–H groups in total. The fourth-order valence-corrected chi connectivity index (χ4v) is 4.41. The van der Waals surface area contributed by atoms with E-state index < -0.39 is 15.9 Å². The lowest BCUT2D eigenvalue weighted by Gasteiger charge is -2.25. The van der Waals surface area contributed by atoms with Gasteiger partial charge in [-0.15, -0.1) is 0 Å². The number of nitrogens with zero attached hydrogens (tertiary/aromatic N) is 1. The monoisotopic (exact) mass is 453 g/mol. The minimum Gasteiger partial charge on any atom is -0.497 e. The average molecular weight is 454 g/mol. The highest BCUT2D eigenvalue weighted by molar-refractivity contribution is 7.89. The molecule has 0 aliphatic carbocycles. The van der Waals surface area contributed by atoms with Crippen LogP contribution in [0.25, 0.3) is 0 Å². The molecular weight excluding hydrogens is 426 g/mol. The Kier molecular flexibility index (Phi) is 8.25. The Morgan fingerprint density at radius 3 is 2.30 bits per heavy atom. The molecule has 0 aliphatic heterocycles. The van der Waals surface area contributed by atoms with Gasteiger partial charge in [0.15, 0.2) is 0 Å². The lowest BCUT2D eigenvalue weighted by Crippen LogP contribution is -2.35. The maximum atomic E-state index is 12.8. The molecule has 0 aromatic heterocycles. The third-order valence-corrected chi connectivity index (χ3v) is 6.45. The zero-order chi connectivity index (χ0) is 22.5. The molecule has 0 fully saturated rings. The lowest BCUT2D eigenvalue weighted by atomic mass is 10.1. The largest absolute Gasteiger partial charge is 0.497 e. The SMILES string of the molecule is COc1ccc(C(CNC(=O)c2cc(S(=O)(=O)NC(C)C)ccc2Cl)N(C)C)cc1. The zero-order valence-electron chi connectivity index (χ0n) is 17.8. The summed E-state index contributed by atoms with van der Waals surface area (Å²) in [7, 11) is 1.70. The molecule has 9 heteroatoms. The van der Waals surface area contributed by atoms with Crippen LogP contribution < -0.4 is 14.8 Å². The summed E-state index contributed by atoms with van der Waals surface area (Å²) in [5.74, 6) is 0.307. The lowest BCUT2D eigenvalue weighted by molar-refractivity contribution is 0.0942. The molecule has 1 unspecified atom stereocenters. The number of methoxy groups -OCH3 is 1. The Balaban J connectivity index is 2.20. The summed E-state index contributed by atoms with van der Waals surface area (Å²) >= 11 is 6.17. The van der Waals surface area contributed by atoms with E-state index in [1.54, 1.807) is 21.0 Å². The van der Waals surface area contributed by atoms with Gasteiger partial charge < -0.3 is 15.0 Å². The molecular formula is C21H28ClN3O4S. The molecule has 2 aromatic carbocycles. The number of carbonyl (C=O) groups excluding carboxylic acids is 1. The zero-order valence-corrected chi connectivity index (χ0v) is 19.3. The van der Waals surface area contributed by atoms with Crippen LogP contribution in [0.15, 0.2) is 47.4 Å². The van der Waals surface area contributed by atoms with Crippen molar-refractivity contribution in [2.24, 2.45) is 0 Å².